The lowest BCUT2D eigenvalue weighted by Gasteiger charge is -2.09. The molecule has 0 aliphatic heterocycles. The summed E-state index contributed by atoms with van der Waals surface area (Å²) >= 11 is 6.69. The second kappa shape index (κ2) is 4.37. The van der Waals surface area contributed by atoms with Gasteiger partial charge >= 0.3 is 0 Å². The Balaban J connectivity index is 3.00. The van der Waals surface area contributed by atoms with Gasteiger partial charge in [0.2, 0.25) is 0 Å². The Bertz CT molecular complexity index is 258. The highest BCUT2D eigenvalue weighted by atomic mass is 79.9. The molecule has 0 spiro atoms. The molecular formula is C8H9Br2NO. The first-order chi connectivity index (χ1) is 5.63. The summed E-state index contributed by atoms with van der Waals surface area (Å²) in [5.41, 5.74) is 6.56. The smallest absolute Gasteiger partial charge is 0.0624 e. The van der Waals surface area contributed by atoms with E-state index in [1.54, 1.807) is 0 Å². The molecule has 0 heterocycles. The van der Waals surface area contributed by atoms with E-state index in [-0.39, 0.29) is 12.6 Å². The molecule has 0 amide bonds. The topological polar surface area (TPSA) is 46.2 Å². The van der Waals surface area contributed by atoms with E-state index in [1.807, 2.05) is 18.2 Å². The van der Waals surface area contributed by atoms with E-state index < -0.39 is 0 Å². The molecule has 0 fully saturated rings. The third-order valence-corrected chi connectivity index (χ3v) is 2.43. The van der Waals surface area contributed by atoms with Crippen LogP contribution in [0.2, 0.25) is 0 Å². The Morgan fingerprint density at radius 3 is 2.17 bits per heavy atom. The van der Waals surface area contributed by atoms with Crippen LogP contribution in [0.3, 0.4) is 0 Å². The van der Waals surface area contributed by atoms with E-state index in [9.17, 15) is 0 Å². The monoisotopic (exact) mass is 293 g/mol. The van der Waals surface area contributed by atoms with Gasteiger partial charge in [-0.25, -0.2) is 0 Å². The number of nitrogens with two attached hydrogens (primary N) is 1. The second-order valence-electron chi connectivity index (χ2n) is 2.49. The molecule has 0 aliphatic rings. The fourth-order valence-electron chi connectivity index (χ4n) is 0.895. The molecular weight excluding hydrogens is 286 g/mol. The van der Waals surface area contributed by atoms with Gasteiger partial charge in [0.25, 0.3) is 0 Å². The van der Waals surface area contributed by atoms with Gasteiger partial charge in [0.05, 0.1) is 12.6 Å². The van der Waals surface area contributed by atoms with E-state index in [4.69, 9.17) is 10.8 Å². The summed E-state index contributed by atoms with van der Waals surface area (Å²) in [6, 6.07) is 5.41. The zero-order valence-corrected chi connectivity index (χ0v) is 9.47. The van der Waals surface area contributed by atoms with E-state index in [2.05, 4.69) is 31.9 Å². The maximum Gasteiger partial charge on any atom is 0.0624 e. The number of halogens is 2. The number of hydrogen-bond acceptors (Lipinski definition) is 2. The standard InChI is InChI=1S/C8H9Br2NO/c9-6-1-5(8(11)4-12)2-7(10)3-6/h1-3,8,12H,4,11H2/t8-/m0/s1. The van der Waals surface area contributed by atoms with Crippen LogP contribution in [-0.4, -0.2) is 11.7 Å². The number of aliphatic hydroxyl groups excluding tert-OH is 1. The highest BCUT2D eigenvalue weighted by Gasteiger charge is 2.05. The van der Waals surface area contributed by atoms with Gasteiger partial charge in [0, 0.05) is 8.95 Å². The van der Waals surface area contributed by atoms with Crippen molar-refractivity contribution in [1.82, 2.24) is 0 Å². The Morgan fingerprint density at radius 1 is 1.25 bits per heavy atom. The number of rotatable bonds is 2. The van der Waals surface area contributed by atoms with Crippen LogP contribution < -0.4 is 5.73 Å². The van der Waals surface area contributed by atoms with Crippen molar-refractivity contribution in [1.29, 1.82) is 0 Å². The molecule has 0 radical (unpaired) electrons. The van der Waals surface area contributed by atoms with Crippen molar-refractivity contribution in [3.8, 4) is 0 Å². The Hall–Kier alpha value is 0.1000. The lowest BCUT2D eigenvalue weighted by Crippen LogP contribution is -2.14. The molecule has 66 valence electrons. The van der Waals surface area contributed by atoms with Gasteiger partial charge in [-0.15, -0.1) is 0 Å². The van der Waals surface area contributed by atoms with Crippen molar-refractivity contribution in [3.63, 3.8) is 0 Å². The van der Waals surface area contributed by atoms with Crippen molar-refractivity contribution in [2.75, 3.05) is 6.61 Å². The largest absolute Gasteiger partial charge is 0.394 e. The van der Waals surface area contributed by atoms with Gasteiger partial charge in [-0.2, -0.15) is 0 Å². The van der Waals surface area contributed by atoms with Crippen molar-refractivity contribution in [2.24, 2.45) is 5.73 Å². The lowest BCUT2D eigenvalue weighted by molar-refractivity contribution is 0.268. The van der Waals surface area contributed by atoms with Crippen LogP contribution in [0, 0.1) is 0 Å². The molecule has 1 aromatic carbocycles. The summed E-state index contributed by atoms with van der Waals surface area (Å²) in [5, 5.41) is 8.81. The molecule has 2 nitrogen and oxygen atoms in total. The summed E-state index contributed by atoms with van der Waals surface area (Å²) in [4.78, 5) is 0. The van der Waals surface area contributed by atoms with E-state index in [1.165, 1.54) is 0 Å². The summed E-state index contributed by atoms with van der Waals surface area (Å²) in [7, 11) is 0. The number of benzene rings is 1. The predicted molar refractivity (Wildman–Crippen MR) is 55.9 cm³/mol. The predicted octanol–water partition coefficient (Wildman–Crippen LogP) is 2.20. The molecule has 1 aromatic rings. The summed E-state index contributed by atoms with van der Waals surface area (Å²) < 4.78 is 1.91. The van der Waals surface area contributed by atoms with E-state index in [0.29, 0.717) is 0 Å². The summed E-state index contributed by atoms with van der Waals surface area (Å²) in [6.45, 7) is -0.0388. The maximum absolute atomic E-state index is 8.81. The van der Waals surface area contributed by atoms with Gasteiger partial charge in [0.1, 0.15) is 0 Å². The molecule has 0 unspecified atom stereocenters. The first kappa shape index (κ1) is 10.2. The summed E-state index contributed by atoms with van der Waals surface area (Å²) in [5.74, 6) is 0. The van der Waals surface area contributed by atoms with Crippen molar-refractivity contribution >= 4 is 31.9 Å². The molecule has 1 atom stereocenters. The molecule has 12 heavy (non-hydrogen) atoms. The van der Waals surface area contributed by atoms with Crippen LogP contribution in [-0.2, 0) is 0 Å². The highest BCUT2D eigenvalue weighted by molar-refractivity contribution is 9.11. The minimum absolute atomic E-state index is 0.0388. The lowest BCUT2D eigenvalue weighted by atomic mass is 10.1. The van der Waals surface area contributed by atoms with E-state index in [0.717, 1.165) is 14.5 Å². The van der Waals surface area contributed by atoms with Crippen LogP contribution in [0.5, 0.6) is 0 Å². The van der Waals surface area contributed by atoms with Crippen molar-refractivity contribution in [3.05, 3.63) is 32.7 Å². The van der Waals surface area contributed by atoms with E-state index >= 15 is 0 Å². The van der Waals surface area contributed by atoms with Crippen LogP contribution in [0.15, 0.2) is 27.1 Å². The molecule has 0 aliphatic carbocycles. The zero-order chi connectivity index (χ0) is 9.14. The third-order valence-electron chi connectivity index (χ3n) is 1.51. The normalized spacial score (nSPS) is 13.0. The fourth-order valence-corrected chi connectivity index (χ4v) is 2.22. The van der Waals surface area contributed by atoms with Gasteiger partial charge in [-0.05, 0) is 23.8 Å². The van der Waals surface area contributed by atoms with Crippen LogP contribution in [0.4, 0.5) is 0 Å². The summed E-state index contributed by atoms with van der Waals surface area (Å²) in [6.07, 6.45) is 0. The first-order valence-corrected chi connectivity index (χ1v) is 5.04. The number of hydrogen-bond donors (Lipinski definition) is 2. The second-order valence-corrected chi connectivity index (χ2v) is 4.32. The van der Waals surface area contributed by atoms with Crippen LogP contribution in [0.1, 0.15) is 11.6 Å². The van der Waals surface area contributed by atoms with Gasteiger partial charge in [-0.1, -0.05) is 31.9 Å². The Kier molecular flexibility index (Phi) is 3.71. The average molecular weight is 295 g/mol. The minimum atomic E-state index is -0.307. The molecule has 1 rings (SSSR count). The molecule has 0 saturated heterocycles. The molecule has 3 N–H and O–H groups in total. The highest BCUT2D eigenvalue weighted by Crippen LogP contribution is 2.22. The van der Waals surface area contributed by atoms with Crippen molar-refractivity contribution < 1.29 is 5.11 Å². The molecule has 0 aromatic heterocycles. The molecule has 0 saturated carbocycles. The number of aliphatic hydroxyl groups is 1. The average Bonchev–Trinajstić information content (AvgIpc) is 2.01. The van der Waals surface area contributed by atoms with Gasteiger partial charge in [-0.3, -0.25) is 0 Å². The molecule has 4 heteroatoms. The Morgan fingerprint density at radius 2 is 1.75 bits per heavy atom. The fraction of sp³-hybridized carbons (Fsp3) is 0.250. The van der Waals surface area contributed by atoms with Crippen LogP contribution in [0.25, 0.3) is 0 Å². The minimum Gasteiger partial charge on any atom is -0.394 e. The molecule has 0 bridgehead atoms. The SMILES string of the molecule is N[C@@H](CO)c1cc(Br)cc(Br)c1. The zero-order valence-electron chi connectivity index (χ0n) is 6.30. The van der Waals surface area contributed by atoms with Crippen LogP contribution >= 0.6 is 31.9 Å². The maximum atomic E-state index is 8.81. The quantitative estimate of drug-likeness (QED) is 0.878. The van der Waals surface area contributed by atoms with Gasteiger partial charge in [0.15, 0.2) is 0 Å². The first-order valence-electron chi connectivity index (χ1n) is 3.46. The van der Waals surface area contributed by atoms with Gasteiger partial charge < -0.3 is 10.8 Å². The van der Waals surface area contributed by atoms with Crippen molar-refractivity contribution in [2.45, 2.75) is 6.04 Å². The third kappa shape index (κ3) is 2.55. The Labute approximate surface area is 88.0 Å².